The first-order valence-electron chi connectivity index (χ1n) is 8.57. The second-order valence-electron chi connectivity index (χ2n) is 6.16. The smallest absolute Gasteiger partial charge is 0.257 e. The largest absolute Gasteiger partial charge is 0.307 e. The van der Waals surface area contributed by atoms with E-state index in [9.17, 15) is 4.79 Å². The highest BCUT2D eigenvalue weighted by Crippen LogP contribution is 2.26. The number of anilines is 1. The molecule has 0 atom stereocenters. The van der Waals surface area contributed by atoms with Crippen LogP contribution in [0.1, 0.15) is 21.6 Å². The molecule has 3 aromatic heterocycles. The third-order valence-electron chi connectivity index (χ3n) is 4.07. The number of thioether (sulfide) groups is 1. The van der Waals surface area contributed by atoms with Crippen LogP contribution in [0.25, 0.3) is 5.65 Å². The number of amides is 1. The number of aromatic nitrogens is 3. The Morgan fingerprint density at radius 1 is 1.11 bits per heavy atom. The van der Waals surface area contributed by atoms with E-state index in [-0.39, 0.29) is 5.91 Å². The molecule has 0 radical (unpaired) electrons. The minimum absolute atomic E-state index is 0.163. The van der Waals surface area contributed by atoms with E-state index in [1.807, 2.05) is 72.2 Å². The van der Waals surface area contributed by atoms with E-state index in [4.69, 9.17) is 0 Å². The van der Waals surface area contributed by atoms with Gasteiger partial charge in [0.15, 0.2) is 0 Å². The molecule has 0 bridgehead atoms. The standard InChI is InChI=1S/C21H18N4OS/c1-15-9-10-19(22-12-15)24-21(26)17-6-2-3-7-18(17)27-14-16-13-25-11-5-4-8-20(25)23-16/h2-13H,14H2,1H3,(H,22,24,26). The van der Waals surface area contributed by atoms with Crippen molar-refractivity contribution in [3.05, 3.63) is 90.0 Å². The number of hydrogen-bond donors (Lipinski definition) is 1. The predicted octanol–water partition coefficient (Wildman–Crippen LogP) is 4.58. The summed E-state index contributed by atoms with van der Waals surface area (Å²) in [5, 5.41) is 2.86. The molecule has 27 heavy (non-hydrogen) atoms. The highest BCUT2D eigenvalue weighted by atomic mass is 32.2. The molecule has 1 amide bonds. The Kier molecular flexibility index (Phi) is 4.89. The van der Waals surface area contributed by atoms with Crippen molar-refractivity contribution in [3.8, 4) is 0 Å². The molecular weight excluding hydrogens is 356 g/mol. The maximum absolute atomic E-state index is 12.7. The summed E-state index contributed by atoms with van der Waals surface area (Å²) in [4.78, 5) is 22.5. The lowest BCUT2D eigenvalue weighted by atomic mass is 10.2. The molecule has 4 aromatic rings. The van der Waals surface area contributed by atoms with Crippen molar-refractivity contribution >= 4 is 29.1 Å². The van der Waals surface area contributed by atoms with Crippen LogP contribution < -0.4 is 5.32 Å². The minimum Gasteiger partial charge on any atom is -0.307 e. The molecule has 134 valence electrons. The van der Waals surface area contributed by atoms with Gasteiger partial charge in [0.2, 0.25) is 0 Å². The molecule has 1 N–H and O–H groups in total. The third kappa shape index (κ3) is 4.01. The van der Waals surface area contributed by atoms with E-state index in [2.05, 4.69) is 15.3 Å². The van der Waals surface area contributed by atoms with Crippen molar-refractivity contribution in [1.82, 2.24) is 14.4 Å². The lowest BCUT2D eigenvalue weighted by molar-refractivity contribution is 0.102. The summed E-state index contributed by atoms with van der Waals surface area (Å²) in [5.74, 6) is 1.07. The van der Waals surface area contributed by atoms with Crippen molar-refractivity contribution < 1.29 is 4.79 Å². The number of benzene rings is 1. The fourth-order valence-corrected chi connectivity index (χ4v) is 3.65. The number of carbonyl (C=O) groups is 1. The van der Waals surface area contributed by atoms with Gasteiger partial charge in [0.25, 0.3) is 5.91 Å². The van der Waals surface area contributed by atoms with Gasteiger partial charge in [-0.3, -0.25) is 4.79 Å². The van der Waals surface area contributed by atoms with Crippen molar-refractivity contribution in [3.63, 3.8) is 0 Å². The number of imidazole rings is 1. The van der Waals surface area contributed by atoms with E-state index < -0.39 is 0 Å². The monoisotopic (exact) mass is 374 g/mol. The molecular formula is C21H18N4OS. The molecule has 1 aromatic carbocycles. The average molecular weight is 374 g/mol. The number of nitrogens with one attached hydrogen (secondary N) is 1. The maximum Gasteiger partial charge on any atom is 0.257 e. The molecule has 0 aliphatic carbocycles. The first-order chi connectivity index (χ1) is 13.2. The highest BCUT2D eigenvalue weighted by Gasteiger charge is 2.13. The zero-order valence-electron chi connectivity index (χ0n) is 14.8. The molecule has 3 heterocycles. The van der Waals surface area contributed by atoms with Crippen LogP contribution in [-0.2, 0) is 5.75 Å². The first-order valence-corrected chi connectivity index (χ1v) is 9.56. The Morgan fingerprint density at radius 3 is 2.78 bits per heavy atom. The summed E-state index contributed by atoms with van der Waals surface area (Å²) < 4.78 is 2.00. The number of fused-ring (bicyclic) bond motifs is 1. The normalized spacial score (nSPS) is 10.9. The molecule has 0 aliphatic rings. The number of nitrogens with zero attached hydrogens (tertiary/aromatic N) is 3. The molecule has 0 spiro atoms. The van der Waals surface area contributed by atoms with Crippen LogP contribution in [0.15, 0.2) is 78.1 Å². The Labute approximate surface area is 161 Å². The van der Waals surface area contributed by atoms with Gasteiger partial charge in [0, 0.05) is 29.2 Å². The average Bonchev–Trinajstić information content (AvgIpc) is 3.11. The van der Waals surface area contributed by atoms with Crippen molar-refractivity contribution in [2.45, 2.75) is 17.6 Å². The van der Waals surface area contributed by atoms with Crippen LogP contribution in [0.3, 0.4) is 0 Å². The van der Waals surface area contributed by atoms with Gasteiger partial charge in [-0.05, 0) is 42.8 Å². The lowest BCUT2D eigenvalue weighted by Gasteiger charge is -2.09. The van der Waals surface area contributed by atoms with Gasteiger partial charge in [-0.1, -0.05) is 24.3 Å². The number of rotatable bonds is 5. The van der Waals surface area contributed by atoms with Gasteiger partial charge >= 0.3 is 0 Å². The van der Waals surface area contributed by atoms with E-state index in [0.29, 0.717) is 17.1 Å². The van der Waals surface area contributed by atoms with Crippen molar-refractivity contribution in [2.24, 2.45) is 0 Å². The van der Waals surface area contributed by atoms with Crippen LogP contribution in [0, 0.1) is 6.92 Å². The number of aryl methyl sites for hydroxylation is 1. The first kappa shape index (κ1) is 17.3. The van der Waals surface area contributed by atoms with Crippen LogP contribution in [0.2, 0.25) is 0 Å². The second kappa shape index (κ2) is 7.63. The molecule has 0 unspecified atom stereocenters. The Morgan fingerprint density at radius 2 is 1.96 bits per heavy atom. The SMILES string of the molecule is Cc1ccc(NC(=O)c2ccccc2SCc2cn3ccccc3n2)nc1. The summed E-state index contributed by atoms with van der Waals surface area (Å²) >= 11 is 1.60. The van der Waals surface area contributed by atoms with Crippen LogP contribution in [-0.4, -0.2) is 20.3 Å². The van der Waals surface area contributed by atoms with E-state index in [1.165, 1.54) is 0 Å². The zero-order chi connectivity index (χ0) is 18.6. The molecule has 0 fully saturated rings. The van der Waals surface area contributed by atoms with Crippen LogP contribution in [0.4, 0.5) is 5.82 Å². The summed E-state index contributed by atoms with van der Waals surface area (Å²) in [7, 11) is 0. The van der Waals surface area contributed by atoms with Crippen LogP contribution >= 0.6 is 11.8 Å². The Bertz CT molecular complexity index is 1060. The lowest BCUT2D eigenvalue weighted by Crippen LogP contribution is -2.13. The van der Waals surface area contributed by atoms with Crippen molar-refractivity contribution in [2.75, 3.05) is 5.32 Å². The van der Waals surface area contributed by atoms with Gasteiger partial charge in [-0.15, -0.1) is 11.8 Å². The van der Waals surface area contributed by atoms with Crippen molar-refractivity contribution in [1.29, 1.82) is 0 Å². The van der Waals surface area contributed by atoms with E-state index in [0.717, 1.165) is 21.8 Å². The van der Waals surface area contributed by atoms with Gasteiger partial charge in [-0.2, -0.15) is 0 Å². The quantitative estimate of drug-likeness (QED) is 0.519. The summed E-state index contributed by atoms with van der Waals surface area (Å²) in [6.07, 6.45) is 5.73. The fourth-order valence-electron chi connectivity index (χ4n) is 2.71. The molecule has 0 saturated carbocycles. The van der Waals surface area contributed by atoms with Gasteiger partial charge in [-0.25, -0.2) is 9.97 Å². The zero-order valence-corrected chi connectivity index (χ0v) is 15.6. The molecule has 5 nitrogen and oxygen atoms in total. The van der Waals surface area contributed by atoms with E-state index in [1.54, 1.807) is 24.0 Å². The molecule has 6 heteroatoms. The summed E-state index contributed by atoms with van der Waals surface area (Å²) in [6.45, 7) is 1.96. The highest BCUT2D eigenvalue weighted by molar-refractivity contribution is 7.98. The molecule has 0 saturated heterocycles. The summed E-state index contributed by atoms with van der Waals surface area (Å²) in [5.41, 5.74) is 3.58. The molecule has 4 rings (SSSR count). The second-order valence-corrected chi connectivity index (χ2v) is 7.18. The minimum atomic E-state index is -0.163. The number of hydrogen-bond acceptors (Lipinski definition) is 4. The van der Waals surface area contributed by atoms with Crippen LogP contribution in [0.5, 0.6) is 0 Å². The predicted molar refractivity (Wildman–Crippen MR) is 108 cm³/mol. The third-order valence-corrected chi connectivity index (χ3v) is 5.18. The van der Waals surface area contributed by atoms with Gasteiger partial charge in [0.1, 0.15) is 11.5 Å². The van der Waals surface area contributed by atoms with Gasteiger partial charge in [0.05, 0.1) is 11.3 Å². The number of pyridine rings is 2. The maximum atomic E-state index is 12.7. The Hall–Kier alpha value is -3.12. The van der Waals surface area contributed by atoms with Gasteiger partial charge < -0.3 is 9.72 Å². The number of carbonyl (C=O) groups excluding carboxylic acids is 1. The fraction of sp³-hybridized carbons (Fsp3) is 0.0952. The summed E-state index contributed by atoms with van der Waals surface area (Å²) in [6, 6.07) is 17.2. The Balaban J connectivity index is 1.50. The van der Waals surface area contributed by atoms with E-state index >= 15 is 0 Å². The topological polar surface area (TPSA) is 59.3 Å². The molecule has 0 aliphatic heterocycles.